The predicted molar refractivity (Wildman–Crippen MR) is 102 cm³/mol. The summed E-state index contributed by atoms with van der Waals surface area (Å²) in [7, 11) is 3.44. The second kappa shape index (κ2) is 9.39. The Kier molecular flexibility index (Phi) is 7.20. The average Bonchev–Trinajstić information content (AvgIpc) is 3.15. The first kappa shape index (κ1) is 18.4. The molecule has 1 aliphatic carbocycles. The van der Waals surface area contributed by atoms with Crippen LogP contribution in [-0.2, 0) is 0 Å². The minimum absolute atomic E-state index is 0.582. The summed E-state index contributed by atoms with van der Waals surface area (Å²) in [4.78, 5) is 0. The van der Waals surface area contributed by atoms with Gasteiger partial charge >= 0.3 is 0 Å². The summed E-state index contributed by atoms with van der Waals surface area (Å²) >= 11 is 5.54. The molecule has 2 nitrogen and oxygen atoms in total. The van der Waals surface area contributed by atoms with Gasteiger partial charge in [-0.3, -0.25) is 0 Å². The SMILES string of the molecule is C=Cc1cc(OC)c(C2CCCC2)c(OC)c1.Clc1ccccc1. The molecule has 0 bridgehead atoms. The molecule has 2 aromatic rings. The lowest BCUT2D eigenvalue weighted by Gasteiger charge is -2.19. The van der Waals surface area contributed by atoms with Crippen LogP contribution in [0.5, 0.6) is 11.5 Å². The van der Waals surface area contributed by atoms with Gasteiger partial charge in [0.1, 0.15) is 11.5 Å². The van der Waals surface area contributed by atoms with Crippen molar-refractivity contribution in [3.8, 4) is 11.5 Å². The summed E-state index contributed by atoms with van der Waals surface area (Å²) in [6.45, 7) is 3.80. The Morgan fingerprint density at radius 3 is 1.92 bits per heavy atom. The Morgan fingerprint density at radius 2 is 1.54 bits per heavy atom. The van der Waals surface area contributed by atoms with E-state index in [-0.39, 0.29) is 0 Å². The lowest BCUT2D eigenvalue weighted by molar-refractivity contribution is 0.378. The van der Waals surface area contributed by atoms with Gasteiger partial charge in [-0.2, -0.15) is 0 Å². The third kappa shape index (κ3) is 4.78. The maximum atomic E-state index is 5.54. The highest BCUT2D eigenvalue weighted by atomic mass is 35.5. The molecule has 0 atom stereocenters. The number of ether oxygens (including phenoxy) is 2. The van der Waals surface area contributed by atoms with Crippen LogP contribution in [0.2, 0.25) is 5.02 Å². The normalized spacial score (nSPS) is 13.8. The number of methoxy groups -OCH3 is 2. The Morgan fingerprint density at radius 1 is 1.00 bits per heavy atom. The van der Waals surface area contributed by atoms with Gasteiger partial charge < -0.3 is 9.47 Å². The Hall–Kier alpha value is -1.93. The predicted octanol–water partition coefficient (Wildman–Crippen LogP) is 6.34. The van der Waals surface area contributed by atoms with Crippen LogP contribution in [0.4, 0.5) is 0 Å². The average molecular weight is 345 g/mol. The van der Waals surface area contributed by atoms with Gasteiger partial charge in [-0.05, 0) is 48.6 Å². The highest BCUT2D eigenvalue weighted by Crippen LogP contribution is 2.44. The summed E-state index contributed by atoms with van der Waals surface area (Å²) in [5.74, 6) is 2.45. The van der Waals surface area contributed by atoms with Crippen LogP contribution >= 0.6 is 11.6 Å². The molecule has 0 heterocycles. The summed E-state index contributed by atoms with van der Waals surface area (Å²) in [5.41, 5.74) is 2.28. The van der Waals surface area contributed by atoms with E-state index in [0.29, 0.717) is 5.92 Å². The minimum atomic E-state index is 0.582. The smallest absolute Gasteiger partial charge is 0.126 e. The second-order valence-corrected chi connectivity index (χ2v) is 6.26. The van der Waals surface area contributed by atoms with Gasteiger partial charge in [-0.25, -0.2) is 0 Å². The zero-order chi connectivity index (χ0) is 17.4. The number of hydrogen-bond donors (Lipinski definition) is 0. The molecule has 0 aromatic heterocycles. The van der Waals surface area contributed by atoms with Crippen molar-refractivity contribution in [1.29, 1.82) is 0 Å². The van der Waals surface area contributed by atoms with E-state index < -0.39 is 0 Å². The standard InChI is InChI=1S/C15H20O2.C6H5Cl/c1-4-11-9-13(16-2)15(14(10-11)17-3)12-7-5-6-8-12;7-6-4-2-1-3-5-6/h4,9-10,12H,1,5-8H2,2-3H3;1-5H. The van der Waals surface area contributed by atoms with E-state index in [1.54, 1.807) is 14.2 Å². The topological polar surface area (TPSA) is 18.5 Å². The fourth-order valence-electron chi connectivity index (χ4n) is 3.11. The number of benzene rings is 2. The number of hydrogen-bond acceptors (Lipinski definition) is 2. The van der Waals surface area contributed by atoms with Crippen molar-refractivity contribution >= 4 is 17.7 Å². The van der Waals surface area contributed by atoms with Crippen molar-refractivity contribution in [2.75, 3.05) is 14.2 Å². The van der Waals surface area contributed by atoms with Crippen LogP contribution in [0.3, 0.4) is 0 Å². The first-order valence-electron chi connectivity index (χ1n) is 8.28. The summed E-state index contributed by atoms with van der Waals surface area (Å²) in [5, 5.41) is 0.794. The fraction of sp³-hybridized carbons (Fsp3) is 0.333. The molecule has 0 amide bonds. The highest BCUT2D eigenvalue weighted by molar-refractivity contribution is 6.30. The van der Waals surface area contributed by atoms with Crippen LogP contribution in [0.15, 0.2) is 49.0 Å². The molecule has 2 aromatic carbocycles. The molecular weight excluding hydrogens is 320 g/mol. The lowest BCUT2D eigenvalue weighted by Crippen LogP contribution is -2.01. The first-order valence-corrected chi connectivity index (χ1v) is 8.66. The van der Waals surface area contributed by atoms with Gasteiger partial charge in [0.25, 0.3) is 0 Å². The van der Waals surface area contributed by atoms with Gasteiger partial charge in [0.15, 0.2) is 0 Å². The molecule has 0 unspecified atom stereocenters. The summed E-state index contributed by atoms with van der Waals surface area (Å²) in [6, 6.07) is 13.5. The largest absolute Gasteiger partial charge is 0.496 e. The maximum Gasteiger partial charge on any atom is 0.126 e. The molecule has 1 saturated carbocycles. The van der Waals surface area contributed by atoms with E-state index in [0.717, 1.165) is 22.1 Å². The molecule has 1 aliphatic rings. The lowest BCUT2D eigenvalue weighted by atomic mass is 9.94. The Labute approximate surface area is 150 Å². The van der Waals surface area contributed by atoms with Gasteiger partial charge in [-0.1, -0.05) is 55.3 Å². The Balaban J connectivity index is 0.000000249. The van der Waals surface area contributed by atoms with E-state index in [9.17, 15) is 0 Å². The van der Waals surface area contributed by atoms with E-state index >= 15 is 0 Å². The molecule has 0 spiro atoms. The highest BCUT2D eigenvalue weighted by Gasteiger charge is 2.24. The molecule has 0 saturated heterocycles. The van der Waals surface area contributed by atoms with Crippen LogP contribution < -0.4 is 9.47 Å². The fourth-order valence-corrected chi connectivity index (χ4v) is 3.25. The van der Waals surface area contributed by atoms with Crippen LogP contribution in [0.25, 0.3) is 6.08 Å². The third-order valence-electron chi connectivity index (χ3n) is 4.30. The van der Waals surface area contributed by atoms with Crippen molar-refractivity contribution < 1.29 is 9.47 Å². The monoisotopic (exact) mass is 344 g/mol. The molecule has 3 rings (SSSR count). The van der Waals surface area contributed by atoms with Crippen molar-refractivity contribution in [2.24, 2.45) is 0 Å². The van der Waals surface area contributed by atoms with Crippen molar-refractivity contribution in [2.45, 2.75) is 31.6 Å². The number of halogens is 1. The van der Waals surface area contributed by atoms with Gasteiger partial charge in [-0.15, -0.1) is 0 Å². The molecular formula is C21H25ClO2. The quantitative estimate of drug-likeness (QED) is 0.643. The molecule has 0 radical (unpaired) electrons. The molecule has 128 valence electrons. The van der Waals surface area contributed by atoms with Gasteiger partial charge in [0, 0.05) is 10.6 Å². The van der Waals surface area contributed by atoms with Crippen molar-refractivity contribution in [3.05, 3.63) is 65.2 Å². The minimum Gasteiger partial charge on any atom is -0.496 e. The first-order chi connectivity index (χ1) is 11.7. The van der Waals surface area contributed by atoms with E-state index in [4.69, 9.17) is 21.1 Å². The van der Waals surface area contributed by atoms with Crippen LogP contribution in [0.1, 0.15) is 42.7 Å². The molecule has 1 fully saturated rings. The van der Waals surface area contributed by atoms with Crippen LogP contribution in [0, 0.1) is 0 Å². The third-order valence-corrected chi connectivity index (χ3v) is 4.55. The summed E-state index contributed by atoms with van der Waals surface area (Å²) in [6.07, 6.45) is 6.91. The molecule has 24 heavy (non-hydrogen) atoms. The maximum absolute atomic E-state index is 5.54. The van der Waals surface area contributed by atoms with Gasteiger partial charge in [0.05, 0.1) is 14.2 Å². The van der Waals surface area contributed by atoms with E-state index in [2.05, 4.69) is 6.58 Å². The molecule has 0 N–H and O–H groups in total. The second-order valence-electron chi connectivity index (χ2n) is 5.82. The van der Waals surface area contributed by atoms with Crippen LogP contribution in [-0.4, -0.2) is 14.2 Å². The van der Waals surface area contributed by atoms with E-state index in [1.807, 2.05) is 48.5 Å². The number of rotatable bonds is 4. The summed E-state index contributed by atoms with van der Waals surface area (Å²) < 4.78 is 11.0. The molecule has 0 aliphatic heterocycles. The van der Waals surface area contributed by atoms with Crippen molar-refractivity contribution in [1.82, 2.24) is 0 Å². The zero-order valence-electron chi connectivity index (χ0n) is 14.4. The van der Waals surface area contributed by atoms with E-state index in [1.165, 1.54) is 31.2 Å². The Bertz CT molecular complexity index is 621. The van der Waals surface area contributed by atoms with Crippen molar-refractivity contribution in [3.63, 3.8) is 0 Å². The van der Waals surface area contributed by atoms with Gasteiger partial charge in [0.2, 0.25) is 0 Å². The molecule has 3 heteroatoms. The zero-order valence-corrected chi connectivity index (χ0v) is 15.2.